The molecule has 3 aromatic rings. The average Bonchev–Trinajstić information content (AvgIpc) is 3.73. The zero-order chi connectivity index (χ0) is 30.0. The Labute approximate surface area is 255 Å². The van der Waals surface area contributed by atoms with Gasteiger partial charge in [-0.25, -0.2) is 8.42 Å². The van der Waals surface area contributed by atoms with Gasteiger partial charge in [-0.1, -0.05) is 69.2 Å². The molecule has 1 aliphatic heterocycles. The Hall–Kier alpha value is -2.75. The first kappa shape index (κ1) is 29.0. The van der Waals surface area contributed by atoms with E-state index < -0.39 is 22.9 Å². The van der Waals surface area contributed by atoms with Gasteiger partial charge in [0.05, 0.1) is 34.2 Å². The quantitative estimate of drug-likeness (QED) is 0.313. The van der Waals surface area contributed by atoms with Crippen molar-refractivity contribution in [3.8, 4) is 0 Å². The van der Waals surface area contributed by atoms with E-state index >= 15 is 0 Å². The average molecular weight is 601 g/mol. The van der Waals surface area contributed by atoms with Gasteiger partial charge in [-0.2, -0.15) is 0 Å². The molecule has 0 spiro atoms. The van der Waals surface area contributed by atoms with Gasteiger partial charge in [0.1, 0.15) is 0 Å². The van der Waals surface area contributed by atoms with Gasteiger partial charge in [0.15, 0.2) is 9.84 Å². The molecule has 0 unspecified atom stereocenters. The Morgan fingerprint density at radius 3 is 2.60 bits per heavy atom. The van der Waals surface area contributed by atoms with Gasteiger partial charge in [-0.15, -0.1) is 0 Å². The van der Waals surface area contributed by atoms with Gasteiger partial charge in [-0.05, 0) is 73.5 Å². The number of carbonyl (C=O) groups is 1. The molecule has 5 fully saturated rings. The molecule has 1 aromatic heterocycles. The molecule has 9 heteroatoms. The van der Waals surface area contributed by atoms with Gasteiger partial charge in [-0.3, -0.25) is 9.78 Å². The van der Waals surface area contributed by atoms with E-state index in [0.717, 1.165) is 43.1 Å². The lowest BCUT2D eigenvalue weighted by atomic mass is 9.43. The molecule has 2 bridgehead atoms. The molecule has 4 aliphatic carbocycles. The van der Waals surface area contributed by atoms with E-state index in [1.807, 2.05) is 36.4 Å². The number of benzene rings is 2. The summed E-state index contributed by atoms with van der Waals surface area (Å²) in [6.07, 6.45) is 8.79. The summed E-state index contributed by atoms with van der Waals surface area (Å²) < 4.78 is 41.3. The second kappa shape index (κ2) is 10.7. The summed E-state index contributed by atoms with van der Waals surface area (Å²) in [4.78, 5) is 18.5. The van der Waals surface area contributed by atoms with E-state index in [1.165, 1.54) is 0 Å². The monoisotopic (exact) mass is 600 g/mol. The molecule has 7 nitrogen and oxygen atoms in total. The number of sulfone groups is 1. The van der Waals surface area contributed by atoms with Crippen molar-refractivity contribution in [1.29, 1.82) is 0 Å². The Morgan fingerprint density at radius 1 is 1.07 bits per heavy atom. The van der Waals surface area contributed by atoms with Crippen LogP contribution in [-0.2, 0) is 30.4 Å². The first-order valence-electron chi connectivity index (χ1n) is 15.8. The first-order chi connectivity index (χ1) is 20.5. The van der Waals surface area contributed by atoms with Crippen molar-refractivity contribution in [2.45, 2.75) is 81.8 Å². The van der Waals surface area contributed by atoms with Crippen LogP contribution in [0.2, 0.25) is 0 Å². The number of carbonyl (C=O) groups excluding carboxylic acids is 1. The highest BCUT2D eigenvalue weighted by Crippen LogP contribution is 2.65. The molecule has 6 atom stereocenters. The fraction of sp³-hybridized carbons (Fsp3) is 0.529. The number of nitrogens with zero attached hydrogens (tertiary/aromatic N) is 1. The number of amides is 1. The predicted molar refractivity (Wildman–Crippen MR) is 167 cm³/mol. The van der Waals surface area contributed by atoms with Crippen molar-refractivity contribution in [2.24, 2.45) is 29.1 Å². The van der Waals surface area contributed by atoms with Crippen molar-refractivity contribution >= 4 is 33.6 Å². The van der Waals surface area contributed by atoms with E-state index in [4.69, 9.17) is 9.31 Å². The molecule has 1 amide bonds. The lowest BCUT2D eigenvalue weighted by Gasteiger charge is -2.64. The van der Waals surface area contributed by atoms with E-state index in [9.17, 15) is 13.2 Å². The van der Waals surface area contributed by atoms with E-state index in [2.05, 4.69) is 31.1 Å². The summed E-state index contributed by atoms with van der Waals surface area (Å²) >= 11 is 0. The van der Waals surface area contributed by atoms with Gasteiger partial charge >= 0.3 is 7.12 Å². The molecular weight excluding hydrogens is 559 g/mol. The topological polar surface area (TPSA) is 94.6 Å². The molecular formula is C34H41BN2O5S. The Bertz CT molecular complexity index is 1620. The summed E-state index contributed by atoms with van der Waals surface area (Å²) in [5, 5.41) is 4.65. The van der Waals surface area contributed by atoms with Gasteiger partial charge in [0.25, 0.3) is 0 Å². The molecule has 43 heavy (non-hydrogen) atoms. The summed E-state index contributed by atoms with van der Waals surface area (Å²) in [7, 11) is -4.34. The summed E-state index contributed by atoms with van der Waals surface area (Å²) in [5.74, 6) is -0.0756. The number of nitrogens with one attached hydrogen (secondary N) is 1. The number of aromatic nitrogens is 1. The van der Waals surface area contributed by atoms with Crippen LogP contribution in [0.5, 0.6) is 0 Å². The molecule has 5 aliphatic rings. The molecule has 1 N–H and O–H groups in total. The van der Waals surface area contributed by atoms with Gasteiger partial charge in [0, 0.05) is 23.2 Å². The first-order valence-corrected chi connectivity index (χ1v) is 17.4. The number of pyridine rings is 1. The minimum Gasteiger partial charge on any atom is -0.404 e. The van der Waals surface area contributed by atoms with E-state index in [0.29, 0.717) is 29.6 Å². The Morgan fingerprint density at radius 2 is 1.86 bits per heavy atom. The van der Waals surface area contributed by atoms with Crippen molar-refractivity contribution in [2.75, 3.05) is 5.75 Å². The molecule has 2 heterocycles. The largest absolute Gasteiger partial charge is 0.481 e. The summed E-state index contributed by atoms with van der Waals surface area (Å²) in [6.45, 7) is 6.88. The third-order valence-corrected chi connectivity index (χ3v) is 12.9. The number of hydrogen-bond donors (Lipinski definition) is 1. The molecule has 0 radical (unpaired) electrons. The minimum absolute atomic E-state index is 0.0224. The third kappa shape index (κ3) is 5.31. The second-order valence-corrected chi connectivity index (χ2v) is 16.2. The number of hydrogen-bond acceptors (Lipinski definition) is 6. The maximum atomic E-state index is 14.2. The van der Waals surface area contributed by atoms with E-state index in [-0.39, 0.29) is 39.6 Å². The predicted octanol–water partition coefficient (Wildman–Crippen LogP) is 5.42. The Balaban J connectivity index is 1.15. The van der Waals surface area contributed by atoms with Crippen molar-refractivity contribution in [3.63, 3.8) is 0 Å². The Kier molecular flexibility index (Phi) is 7.22. The van der Waals surface area contributed by atoms with Crippen LogP contribution in [0.3, 0.4) is 0 Å². The van der Waals surface area contributed by atoms with Crippen LogP contribution < -0.4 is 5.32 Å². The molecule has 2 aromatic carbocycles. The third-order valence-electron chi connectivity index (χ3n) is 11.0. The zero-order valence-electron chi connectivity index (χ0n) is 25.2. The maximum Gasteiger partial charge on any atom is 0.481 e. The number of fused-ring (bicyclic) bond motifs is 1. The smallest absolute Gasteiger partial charge is 0.404 e. The van der Waals surface area contributed by atoms with Crippen molar-refractivity contribution in [1.82, 2.24) is 10.3 Å². The minimum atomic E-state index is -3.81. The van der Waals surface area contributed by atoms with Gasteiger partial charge in [0.2, 0.25) is 5.91 Å². The zero-order valence-corrected chi connectivity index (χ0v) is 26.1. The highest BCUT2D eigenvalue weighted by Gasteiger charge is 2.68. The number of rotatable bonds is 10. The van der Waals surface area contributed by atoms with Crippen LogP contribution >= 0.6 is 0 Å². The standard InChI is InChI=1S/C34H41BN2O5S/c1-33(2)26-18-29(33)34(3)30(19-26)41-35(42-34)31(17-23-12-13-23)37-32(38)25(16-22-8-5-4-6-9-22)21-43(39,40)28-11-7-10-24-20-36-15-14-27(24)28/h4-11,14-15,20,23,25-26,29-31H,12-13,16-19,21H2,1-3H3,(H,37,38)/t25-,26-,29-,30-,31+,34+/m1/s1. The summed E-state index contributed by atoms with van der Waals surface area (Å²) in [5.41, 5.74) is 0.782. The van der Waals surface area contributed by atoms with Gasteiger partial charge < -0.3 is 14.6 Å². The molecule has 8 rings (SSSR count). The molecule has 226 valence electrons. The van der Waals surface area contributed by atoms with Crippen molar-refractivity contribution < 1.29 is 22.5 Å². The van der Waals surface area contributed by atoms with Crippen LogP contribution in [0.25, 0.3) is 10.8 Å². The van der Waals surface area contributed by atoms with E-state index in [1.54, 1.807) is 30.6 Å². The lowest BCUT2D eigenvalue weighted by molar-refractivity contribution is -0.199. The van der Waals surface area contributed by atoms with Crippen LogP contribution in [0.1, 0.15) is 58.4 Å². The molecule has 4 saturated carbocycles. The SMILES string of the molecule is CC1(C)[C@@H]2C[C@H]1[C@]1(C)OB([C@H](CC3CC3)NC(=O)[C@H](Cc3ccccc3)CS(=O)(=O)c3cccc4cnccc34)O[C@@H]1C2. The fourth-order valence-corrected chi connectivity index (χ4v) is 9.95. The highest BCUT2D eigenvalue weighted by atomic mass is 32.2. The second-order valence-electron chi connectivity index (χ2n) is 14.2. The van der Waals surface area contributed by atoms with Crippen LogP contribution in [0.4, 0.5) is 0 Å². The van der Waals surface area contributed by atoms with Crippen LogP contribution in [-0.4, -0.2) is 49.8 Å². The molecule has 1 saturated heterocycles. The van der Waals surface area contributed by atoms with Crippen LogP contribution in [0.15, 0.2) is 71.9 Å². The normalized spacial score (nSPS) is 29.0. The maximum absolute atomic E-state index is 14.2. The van der Waals surface area contributed by atoms with Crippen molar-refractivity contribution in [3.05, 3.63) is 72.6 Å². The fourth-order valence-electron chi connectivity index (χ4n) is 8.17. The highest BCUT2D eigenvalue weighted by molar-refractivity contribution is 7.91. The summed E-state index contributed by atoms with van der Waals surface area (Å²) in [6, 6.07) is 16.6. The van der Waals surface area contributed by atoms with Crippen LogP contribution in [0, 0.1) is 29.1 Å². The lowest BCUT2D eigenvalue weighted by Crippen LogP contribution is -2.65.